The summed E-state index contributed by atoms with van der Waals surface area (Å²) in [6.45, 7) is 1.68. The Morgan fingerprint density at radius 2 is 1.91 bits per heavy atom. The quantitative estimate of drug-likeness (QED) is 0.390. The normalized spacial score (nSPS) is 11.7. The molecule has 0 spiro atoms. The first-order valence-corrected chi connectivity index (χ1v) is 12.5. The Labute approximate surface area is 197 Å². The summed E-state index contributed by atoms with van der Waals surface area (Å²) in [5.74, 6) is -0.321. The number of pyridine rings is 1. The van der Waals surface area contributed by atoms with Crippen molar-refractivity contribution in [2.75, 3.05) is 5.75 Å². The van der Waals surface area contributed by atoms with Gasteiger partial charge in [0.1, 0.15) is 21.6 Å². The molecule has 0 atom stereocenters. The third kappa shape index (κ3) is 4.61. The van der Waals surface area contributed by atoms with Crippen molar-refractivity contribution >= 4 is 61.1 Å². The number of thiophene rings is 1. The summed E-state index contributed by atoms with van der Waals surface area (Å²) in [7, 11) is -3.74. The van der Waals surface area contributed by atoms with Crippen LogP contribution in [0.1, 0.15) is 11.4 Å². The van der Waals surface area contributed by atoms with E-state index >= 15 is 0 Å². The zero-order valence-electron chi connectivity index (χ0n) is 16.6. The molecule has 0 N–H and O–H groups in total. The SMILES string of the molecule is Cc1nc2cc(Cl)ccc2c(=O)n1-c1ccc(CC(=O)CS(=O)(=O)c2ccc(Cl)s2)cn1. The van der Waals surface area contributed by atoms with Crippen molar-refractivity contribution in [2.45, 2.75) is 17.6 Å². The van der Waals surface area contributed by atoms with Gasteiger partial charge in [0.05, 0.1) is 15.2 Å². The van der Waals surface area contributed by atoms with Crippen molar-refractivity contribution in [2.24, 2.45) is 0 Å². The summed E-state index contributed by atoms with van der Waals surface area (Å²) in [5, 5.41) is 0.887. The molecule has 4 rings (SSSR count). The highest BCUT2D eigenvalue weighted by atomic mass is 35.5. The zero-order valence-corrected chi connectivity index (χ0v) is 19.7. The number of rotatable bonds is 6. The van der Waals surface area contributed by atoms with E-state index in [1.165, 1.54) is 22.9 Å². The van der Waals surface area contributed by atoms with Crippen molar-refractivity contribution in [1.29, 1.82) is 0 Å². The van der Waals surface area contributed by atoms with Gasteiger partial charge in [-0.3, -0.25) is 9.59 Å². The van der Waals surface area contributed by atoms with Crippen LogP contribution in [0, 0.1) is 6.92 Å². The van der Waals surface area contributed by atoms with Crippen LogP contribution in [0.25, 0.3) is 16.7 Å². The van der Waals surface area contributed by atoms with Gasteiger partial charge in [0.2, 0.25) is 0 Å². The lowest BCUT2D eigenvalue weighted by Crippen LogP contribution is -2.23. The van der Waals surface area contributed by atoms with E-state index in [2.05, 4.69) is 9.97 Å². The Kier molecular flexibility index (Phi) is 6.17. The minimum atomic E-state index is -3.74. The lowest BCUT2D eigenvalue weighted by Gasteiger charge is -2.10. The summed E-state index contributed by atoms with van der Waals surface area (Å²) < 4.78 is 26.5. The number of carbonyl (C=O) groups is 1. The molecule has 0 aliphatic heterocycles. The van der Waals surface area contributed by atoms with E-state index in [4.69, 9.17) is 23.2 Å². The minimum absolute atomic E-state index is 0.0595. The molecule has 0 amide bonds. The van der Waals surface area contributed by atoms with Crippen LogP contribution in [0.4, 0.5) is 0 Å². The molecule has 4 aromatic rings. The van der Waals surface area contributed by atoms with E-state index in [1.807, 2.05) is 0 Å². The Bertz CT molecular complexity index is 1510. The van der Waals surface area contributed by atoms with Gasteiger partial charge in [-0.25, -0.2) is 23.0 Å². The molecule has 0 radical (unpaired) electrons. The first-order chi connectivity index (χ1) is 15.1. The smallest absolute Gasteiger partial charge is 0.267 e. The van der Waals surface area contributed by atoms with Gasteiger partial charge < -0.3 is 0 Å². The molecule has 0 fully saturated rings. The molecular formula is C21H15Cl2N3O4S2. The lowest BCUT2D eigenvalue weighted by molar-refractivity contribution is -0.116. The van der Waals surface area contributed by atoms with Crippen LogP contribution in [0.3, 0.4) is 0 Å². The van der Waals surface area contributed by atoms with Crippen molar-refractivity contribution in [1.82, 2.24) is 14.5 Å². The summed E-state index contributed by atoms with van der Waals surface area (Å²) >= 11 is 12.7. The minimum Gasteiger partial charge on any atom is -0.298 e. The molecule has 3 heterocycles. The molecule has 1 aromatic carbocycles. The maximum atomic E-state index is 12.9. The number of sulfone groups is 1. The third-order valence-corrected chi connectivity index (χ3v) is 8.37. The van der Waals surface area contributed by atoms with Crippen LogP contribution in [0.15, 0.2) is 57.7 Å². The summed E-state index contributed by atoms with van der Waals surface area (Å²) in [4.78, 5) is 34.0. The van der Waals surface area contributed by atoms with Gasteiger partial charge in [-0.2, -0.15) is 0 Å². The fraction of sp³-hybridized carbons (Fsp3) is 0.143. The number of hydrogen-bond acceptors (Lipinski definition) is 7. The number of aryl methyl sites for hydroxylation is 1. The van der Waals surface area contributed by atoms with Crippen LogP contribution in [0.5, 0.6) is 0 Å². The van der Waals surface area contributed by atoms with Crippen LogP contribution in [-0.4, -0.2) is 34.5 Å². The topological polar surface area (TPSA) is 99.0 Å². The van der Waals surface area contributed by atoms with Crippen molar-refractivity contribution in [3.63, 3.8) is 0 Å². The van der Waals surface area contributed by atoms with E-state index in [-0.39, 0.29) is 16.2 Å². The molecule has 0 bridgehead atoms. The maximum absolute atomic E-state index is 12.9. The van der Waals surface area contributed by atoms with Gasteiger partial charge in [0.15, 0.2) is 15.6 Å². The number of hydrogen-bond donors (Lipinski definition) is 0. The molecule has 0 saturated carbocycles. The van der Waals surface area contributed by atoms with Crippen LogP contribution < -0.4 is 5.56 Å². The fourth-order valence-electron chi connectivity index (χ4n) is 3.22. The molecule has 11 heteroatoms. The van der Waals surface area contributed by atoms with Gasteiger partial charge in [-0.1, -0.05) is 29.3 Å². The van der Waals surface area contributed by atoms with E-state index in [0.29, 0.717) is 37.5 Å². The largest absolute Gasteiger partial charge is 0.298 e. The Morgan fingerprint density at radius 1 is 1.12 bits per heavy atom. The zero-order chi connectivity index (χ0) is 23.0. The molecule has 0 aliphatic rings. The Balaban J connectivity index is 1.55. The number of Topliss-reactive ketones (excluding diaryl/α,β-unsaturated/α-hetero) is 1. The number of halogens is 2. The third-order valence-electron chi connectivity index (χ3n) is 4.64. The summed E-state index contributed by atoms with van der Waals surface area (Å²) in [5.41, 5.74) is 0.734. The second-order valence-corrected chi connectivity index (χ2v) is 11.4. The number of carbonyl (C=O) groups excluding carboxylic acids is 1. The molecule has 7 nitrogen and oxygen atoms in total. The van der Waals surface area contributed by atoms with Gasteiger partial charge in [-0.15, -0.1) is 11.3 Å². The summed E-state index contributed by atoms with van der Waals surface area (Å²) in [6.07, 6.45) is 1.34. The second kappa shape index (κ2) is 8.74. The van der Waals surface area contributed by atoms with Crippen LogP contribution in [0.2, 0.25) is 9.36 Å². The molecule has 3 aromatic heterocycles. The van der Waals surface area contributed by atoms with Crippen molar-refractivity contribution in [3.05, 3.63) is 79.8 Å². The number of nitrogens with zero attached hydrogens (tertiary/aromatic N) is 3. The molecule has 0 saturated heterocycles. The van der Waals surface area contributed by atoms with E-state index in [0.717, 1.165) is 11.3 Å². The van der Waals surface area contributed by atoms with Crippen LogP contribution >= 0.6 is 34.5 Å². The predicted molar refractivity (Wildman–Crippen MR) is 125 cm³/mol. The highest BCUT2D eigenvalue weighted by Gasteiger charge is 2.21. The first kappa shape index (κ1) is 22.6. The second-order valence-electron chi connectivity index (χ2n) is 7.02. The Morgan fingerprint density at radius 3 is 2.56 bits per heavy atom. The molecule has 0 aliphatic carbocycles. The van der Waals surface area contributed by atoms with E-state index in [1.54, 1.807) is 37.3 Å². The van der Waals surface area contributed by atoms with E-state index in [9.17, 15) is 18.0 Å². The molecule has 32 heavy (non-hydrogen) atoms. The highest BCUT2D eigenvalue weighted by molar-refractivity contribution is 7.94. The first-order valence-electron chi connectivity index (χ1n) is 9.28. The average Bonchev–Trinajstić information content (AvgIpc) is 3.16. The van der Waals surface area contributed by atoms with Crippen LogP contribution in [-0.2, 0) is 21.1 Å². The molecule has 0 unspecified atom stereocenters. The van der Waals surface area contributed by atoms with Crippen molar-refractivity contribution < 1.29 is 13.2 Å². The van der Waals surface area contributed by atoms with Crippen molar-refractivity contribution in [3.8, 4) is 5.82 Å². The fourth-order valence-corrected chi connectivity index (χ4v) is 6.20. The number of fused-ring (bicyclic) bond motifs is 1. The van der Waals surface area contributed by atoms with Gasteiger partial charge in [-0.05, 0) is 48.9 Å². The number of benzene rings is 1. The summed E-state index contributed by atoms with van der Waals surface area (Å²) in [6, 6.07) is 10.9. The maximum Gasteiger partial charge on any atom is 0.267 e. The van der Waals surface area contributed by atoms with Gasteiger partial charge >= 0.3 is 0 Å². The highest BCUT2D eigenvalue weighted by Crippen LogP contribution is 2.26. The monoisotopic (exact) mass is 507 g/mol. The van der Waals surface area contributed by atoms with Gasteiger partial charge in [0, 0.05) is 17.6 Å². The standard InChI is InChI=1S/C21H15Cl2N3O4S2/c1-12-25-17-9-14(22)3-4-16(17)21(28)26(12)19-6-2-13(10-24-19)8-15(27)11-32(29,30)20-7-5-18(23)31-20/h2-7,9-10H,8,11H2,1H3. The predicted octanol–water partition coefficient (Wildman–Crippen LogP) is 4.04. The average molecular weight is 508 g/mol. The molecule has 164 valence electrons. The number of ketones is 1. The van der Waals surface area contributed by atoms with E-state index < -0.39 is 21.4 Å². The lowest BCUT2D eigenvalue weighted by atomic mass is 10.1. The molecular weight excluding hydrogens is 493 g/mol. The number of aromatic nitrogens is 3. The van der Waals surface area contributed by atoms with Gasteiger partial charge in [0.25, 0.3) is 5.56 Å². The Hall–Kier alpha value is -2.59.